The Balaban J connectivity index is 1.79. The van der Waals surface area contributed by atoms with E-state index >= 15 is 0 Å². The number of amides is 2. The highest BCUT2D eigenvalue weighted by Crippen LogP contribution is 2.31. The number of rotatable bonds is 2. The van der Waals surface area contributed by atoms with Crippen molar-refractivity contribution in [2.75, 3.05) is 24.0 Å². The molecular formula is C20H18N5O4S+. The van der Waals surface area contributed by atoms with Gasteiger partial charge in [-0.1, -0.05) is 35.3 Å². The average Bonchev–Trinajstić information content (AvgIpc) is 2.95. The average molecular weight is 424 g/mol. The molecule has 0 bridgehead atoms. The molecular weight excluding hydrogens is 406 g/mol. The predicted molar refractivity (Wildman–Crippen MR) is 113 cm³/mol. The van der Waals surface area contributed by atoms with E-state index in [9.17, 15) is 18.0 Å². The standard InChI is InChI=1S/C20H18N5O4S/c1-13-17(19(26)25(24(13)3)14-9-5-4-6-10-14)21-22-18-20(27)23(2)15-11-7-8-12-16(15)30(18,28)29/h4-12H,1-3H3/q+1. The van der Waals surface area contributed by atoms with Crippen LogP contribution in [-0.4, -0.2) is 55.5 Å². The van der Waals surface area contributed by atoms with Gasteiger partial charge in [0.1, 0.15) is 5.69 Å². The number of carbonyl (C=O) groups is 2. The lowest BCUT2D eigenvalue weighted by Crippen LogP contribution is -2.42. The number of hydrogen-bond acceptors (Lipinski definition) is 6. The number of hydrogen-bond donors (Lipinski definition) is 0. The van der Waals surface area contributed by atoms with E-state index in [2.05, 4.69) is 10.2 Å². The van der Waals surface area contributed by atoms with Gasteiger partial charge in [0.2, 0.25) is 26.3 Å². The molecule has 9 nitrogen and oxygen atoms in total. The largest absolute Gasteiger partial charge is 0.340 e. The maximum Gasteiger partial charge on any atom is 0.340 e. The van der Waals surface area contributed by atoms with Crippen molar-refractivity contribution in [1.82, 2.24) is 0 Å². The molecule has 2 aromatic carbocycles. The van der Waals surface area contributed by atoms with Crippen molar-refractivity contribution in [1.29, 1.82) is 0 Å². The molecule has 2 aromatic rings. The zero-order valence-corrected chi connectivity index (χ0v) is 17.3. The molecule has 0 spiro atoms. The highest BCUT2D eigenvalue weighted by atomic mass is 32.2. The number of carbonyl (C=O) groups excluding carboxylic acids is 2. The highest BCUT2D eigenvalue weighted by molar-refractivity contribution is 8.08. The van der Waals surface area contributed by atoms with Gasteiger partial charge in [0.25, 0.3) is 5.91 Å². The lowest BCUT2D eigenvalue weighted by Gasteiger charge is -2.25. The van der Waals surface area contributed by atoms with Gasteiger partial charge >= 0.3 is 5.91 Å². The van der Waals surface area contributed by atoms with Crippen molar-refractivity contribution in [2.24, 2.45) is 10.2 Å². The minimum Gasteiger partial charge on any atom is -0.308 e. The van der Waals surface area contributed by atoms with E-state index in [1.807, 2.05) is 6.07 Å². The molecule has 0 aliphatic carbocycles. The van der Waals surface area contributed by atoms with Gasteiger partial charge in [0.15, 0.2) is 7.05 Å². The van der Waals surface area contributed by atoms with Gasteiger partial charge in [-0.05, 0) is 24.3 Å². The third-order valence-corrected chi connectivity index (χ3v) is 6.71. The lowest BCUT2D eigenvalue weighted by molar-refractivity contribution is -0.495. The summed E-state index contributed by atoms with van der Waals surface area (Å²) in [7, 11) is -1.02. The van der Waals surface area contributed by atoms with Crippen LogP contribution in [0.25, 0.3) is 0 Å². The number of nitrogens with zero attached hydrogens (tertiary/aromatic N) is 5. The molecule has 0 unspecified atom stereocenters. The van der Waals surface area contributed by atoms with E-state index in [0.717, 1.165) is 0 Å². The molecule has 152 valence electrons. The first-order chi connectivity index (χ1) is 14.2. The van der Waals surface area contributed by atoms with Gasteiger partial charge in [0, 0.05) is 14.0 Å². The van der Waals surface area contributed by atoms with Crippen LogP contribution in [0.4, 0.5) is 11.4 Å². The van der Waals surface area contributed by atoms with Crippen molar-refractivity contribution in [3.8, 4) is 0 Å². The van der Waals surface area contributed by atoms with E-state index in [0.29, 0.717) is 11.4 Å². The van der Waals surface area contributed by atoms with Crippen molar-refractivity contribution < 1.29 is 22.7 Å². The third kappa shape index (κ3) is 2.84. The maximum absolute atomic E-state index is 12.9. The zero-order valence-electron chi connectivity index (χ0n) is 16.5. The van der Waals surface area contributed by atoms with Crippen LogP contribution >= 0.6 is 0 Å². The monoisotopic (exact) mass is 424 g/mol. The Morgan fingerprint density at radius 3 is 2.23 bits per heavy atom. The molecule has 4 rings (SSSR count). The summed E-state index contributed by atoms with van der Waals surface area (Å²) in [6.45, 7) is 1.67. The van der Waals surface area contributed by atoms with Gasteiger partial charge in [-0.25, -0.2) is 8.42 Å². The van der Waals surface area contributed by atoms with Crippen LogP contribution < -0.4 is 9.91 Å². The minimum absolute atomic E-state index is 0.0347. The van der Waals surface area contributed by atoms with Crippen LogP contribution in [0.5, 0.6) is 0 Å². The Hall–Kier alpha value is -3.66. The van der Waals surface area contributed by atoms with Gasteiger partial charge < -0.3 is 4.90 Å². The molecule has 0 saturated carbocycles. The first-order valence-electron chi connectivity index (χ1n) is 9.00. The Kier molecular flexibility index (Phi) is 4.58. The molecule has 10 heteroatoms. The number of sulfone groups is 1. The van der Waals surface area contributed by atoms with Crippen LogP contribution in [0, 0.1) is 0 Å². The fourth-order valence-electron chi connectivity index (χ4n) is 3.29. The van der Waals surface area contributed by atoms with Gasteiger partial charge in [-0.3, -0.25) is 9.59 Å². The molecule has 2 aliphatic rings. The van der Waals surface area contributed by atoms with Crippen LogP contribution in [0.1, 0.15) is 6.92 Å². The smallest absolute Gasteiger partial charge is 0.308 e. The number of fused-ring (bicyclic) bond motifs is 1. The van der Waals surface area contributed by atoms with E-state index in [1.165, 1.54) is 23.0 Å². The van der Waals surface area contributed by atoms with E-state index in [1.54, 1.807) is 61.1 Å². The van der Waals surface area contributed by atoms with Crippen LogP contribution in [0.3, 0.4) is 0 Å². The topological polar surface area (TPSA) is 102 Å². The second kappa shape index (κ2) is 6.99. The Labute approximate surface area is 173 Å². The molecule has 0 aromatic heterocycles. The molecule has 0 fully saturated rings. The second-order valence-electron chi connectivity index (χ2n) is 6.75. The first-order valence-corrected chi connectivity index (χ1v) is 10.5. The summed E-state index contributed by atoms with van der Waals surface area (Å²) >= 11 is 0. The second-order valence-corrected chi connectivity index (χ2v) is 8.58. The zero-order chi connectivity index (χ0) is 21.6. The molecule has 0 atom stereocenters. The fraction of sp³-hybridized carbons (Fsp3) is 0.150. The SMILES string of the molecule is CC1=[N+](C)N(c2ccccc2)C(=O)C1=N/N=C1\C(=O)N(C)c2ccccc2S1(=O)=O. The van der Waals surface area contributed by atoms with Crippen LogP contribution in [0.2, 0.25) is 0 Å². The highest BCUT2D eigenvalue weighted by Gasteiger charge is 2.43. The van der Waals surface area contributed by atoms with Gasteiger partial charge in [-0.2, -0.15) is 0 Å². The molecule has 0 N–H and O–H groups in total. The van der Waals surface area contributed by atoms with Crippen LogP contribution in [0.15, 0.2) is 69.7 Å². The normalized spacial score (nSPS) is 21.0. The molecule has 2 amide bonds. The summed E-state index contributed by atoms with van der Waals surface area (Å²) in [5.74, 6) is -1.28. The summed E-state index contributed by atoms with van der Waals surface area (Å²) in [6.07, 6.45) is 0. The summed E-state index contributed by atoms with van der Waals surface area (Å²) in [4.78, 5) is 26.7. The molecule has 30 heavy (non-hydrogen) atoms. The van der Waals surface area contributed by atoms with E-state index in [4.69, 9.17) is 0 Å². The number of benzene rings is 2. The lowest BCUT2D eigenvalue weighted by atomic mass is 10.2. The summed E-state index contributed by atoms with van der Waals surface area (Å²) in [6, 6.07) is 15.1. The summed E-state index contributed by atoms with van der Waals surface area (Å²) in [5.41, 5.74) is 1.32. The number of anilines is 2. The van der Waals surface area contributed by atoms with E-state index in [-0.39, 0.29) is 16.3 Å². The molecule has 0 radical (unpaired) electrons. The van der Waals surface area contributed by atoms with E-state index < -0.39 is 26.7 Å². The fourth-order valence-corrected chi connectivity index (χ4v) is 4.76. The number of para-hydroxylation sites is 2. The predicted octanol–water partition coefficient (Wildman–Crippen LogP) is 1.26. The van der Waals surface area contributed by atoms with Crippen molar-refractivity contribution in [3.63, 3.8) is 0 Å². The van der Waals surface area contributed by atoms with Crippen LogP contribution in [-0.2, 0) is 19.4 Å². The Morgan fingerprint density at radius 2 is 1.53 bits per heavy atom. The number of hydrazone groups is 1. The van der Waals surface area contributed by atoms with Gasteiger partial charge in [0.05, 0.1) is 10.6 Å². The quantitative estimate of drug-likeness (QED) is 0.535. The minimum atomic E-state index is -4.17. The first kappa shape index (κ1) is 19.6. The van der Waals surface area contributed by atoms with Gasteiger partial charge in [-0.15, -0.1) is 14.9 Å². The summed E-state index contributed by atoms with van der Waals surface area (Å²) in [5, 5.41) is 8.31. The molecule has 2 heterocycles. The number of hydrazine groups is 1. The molecule has 0 saturated heterocycles. The Morgan fingerprint density at radius 1 is 0.900 bits per heavy atom. The van der Waals surface area contributed by atoms with Crippen molar-refractivity contribution >= 4 is 49.5 Å². The summed E-state index contributed by atoms with van der Waals surface area (Å²) < 4.78 is 27.4. The maximum atomic E-state index is 12.9. The molecule has 2 aliphatic heterocycles. The Bertz CT molecular complexity index is 1280. The van der Waals surface area contributed by atoms with Crippen molar-refractivity contribution in [2.45, 2.75) is 11.8 Å². The third-order valence-electron chi connectivity index (χ3n) is 5.02. The van der Waals surface area contributed by atoms with Crippen molar-refractivity contribution in [3.05, 3.63) is 54.6 Å².